The highest BCUT2D eigenvalue weighted by molar-refractivity contribution is 8.02. The Balaban J connectivity index is 1.64. The topological polar surface area (TPSA) is 59.8 Å². The number of carbonyl (C=O) groups excluding carboxylic acids is 1. The van der Waals surface area contributed by atoms with Crippen LogP contribution < -0.4 is 5.32 Å². The van der Waals surface area contributed by atoms with Gasteiger partial charge in [-0.2, -0.15) is 5.10 Å². The second-order valence-electron chi connectivity index (χ2n) is 5.87. The molecule has 0 aliphatic carbocycles. The van der Waals surface area contributed by atoms with Gasteiger partial charge in [0, 0.05) is 23.1 Å². The van der Waals surface area contributed by atoms with Crippen LogP contribution in [-0.4, -0.2) is 25.9 Å². The SMILES string of the molecule is CC(C)n1nccc1NC(=O)[C@H](C)Sc1nc(-c2ccccc2)cs1. The van der Waals surface area contributed by atoms with E-state index in [1.807, 2.05) is 62.5 Å². The van der Waals surface area contributed by atoms with Crippen LogP contribution in [0.15, 0.2) is 52.3 Å². The number of thiazole rings is 1. The van der Waals surface area contributed by atoms with Gasteiger partial charge >= 0.3 is 0 Å². The molecule has 130 valence electrons. The molecule has 0 saturated carbocycles. The Morgan fingerprint density at radius 3 is 2.68 bits per heavy atom. The van der Waals surface area contributed by atoms with E-state index in [1.165, 1.54) is 11.8 Å². The van der Waals surface area contributed by atoms with Crippen molar-refractivity contribution in [2.75, 3.05) is 5.32 Å². The van der Waals surface area contributed by atoms with Crippen molar-refractivity contribution in [1.29, 1.82) is 0 Å². The van der Waals surface area contributed by atoms with E-state index in [0.717, 1.165) is 21.4 Å². The number of nitrogens with zero attached hydrogens (tertiary/aromatic N) is 3. The Labute approximate surface area is 155 Å². The van der Waals surface area contributed by atoms with Gasteiger partial charge in [0.1, 0.15) is 5.82 Å². The van der Waals surface area contributed by atoms with Crippen molar-refractivity contribution in [3.8, 4) is 11.3 Å². The maximum atomic E-state index is 12.5. The summed E-state index contributed by atoms with van der Waals surface area (Å²) in [6.07, 6.45) is 1.69. The summed E-state index contributed by atoms with van der Waals surface area (Å²) < 4.78 is 2.69. The Hall–Kier alpha value is -2.12. The minimum atomic E-state index is -0.245. The number of thioether (sulfide) groups is 1. The quantitative estimate of drug-likeness (QED) is 0.637. The molecule has 1 atom stereocenters. The Kier molecular flexibility index (Phi) is 5.55. The first-order valence-electron chi connectivity index (χ1n) is 8.06. The van der Waals surface area contributed by atoms with Crippen molar-refractivity contribution in [3.63, 3.8) is 0 Å². The van der Waals surface area contributed by atoms with Crippen molar-refractivity contribution in [1.82, 2.24) is 14.8 Å². The molecule has 0 aliphatic rings. The molecule has 1 amide bonds. The number of benzene rings is 1. The Bertz CT molecular complexity index is 842. The van der Waals surface area contributed by atoms with Crippen LogP contribution in [0.25, 0.3) is 11.3 Å². The maximum absolute atomic E-state index is 12.5. The van der Waals surface area contributed by atoms with Gasteiger partial charge in [-0.1, -0.05) is 42.1 Å². The van der Waals surface area contributed by atoms with Crippen molar-refractivity contribution in [2.24, 2.45) is 0 Å². The molecule has 1 aromatic carbocycles. The maximum Gasteiger partial charge on any atom is 0.238 e. The monoisotopic (exact) mass is 372 g/mol. The summed E-state index contributed by atoms with van der Waals surface area (Å²) in [5, 5.41) is 8.96. The lowest BCUT2D eigenvalue weighted by atomic mass is 10.2. The van der Waals surface area contributed by atoms with E-state index < -0.39 is 0 Å². The smallest absolute Gasteiger partial charge is 0.238 e. The van der Waals surface area contributed by atoms with E-state index in [2.05, 4.69) is 15.4 Å². The number of hydrogen-bond donors (Lipinski definition) is 1. The molecule has 0 unspecified atom stereocenters. The molecule has 0 spiro atoms. The molecule has 5 nitrogen and oxygen atoms in total. The van der Waals surface area contributed by atoms with Gasteiger partial charge in [0.2, 0.25) is 5.91 Å². The molecule has 0 radical (unpaired) electrons. The molecule has 3 aromatic rings. The summed E-state index contributed by atoms with van der Waals surface area (Å²) in [4.78, 5) is 17.1. The third kappa shape index (κ3) is 4.29. The third-order valence-corrected chi connectivity index (χ3v) is 5.68. The zero-order valence-corrected chi connectivity index (χ0v) is 16.0. The van der Waals surface area contributed by atoms with Gasteiger partial charge < -0.3 is 5.32 Å². The fourth-order valence-corrected chi connectivity index (χ4v) is 4.28. The van der Waals surface area contributed by atoms with E-state index in [-0.39, 0.29) is 17.2 Å². The van der Waals surface area contributed by atoms with E-state index in [0.29, 0.717) is 0 Å². The van der Waals surface area contributed by atoms with Crippen LogP contribution in [0.2, 0.25) is 0 Å². The van der Waals surface area contributed by atoms with Crippen LogP contribution in [-0.2, 0) is 4.79 Å². The summed E-state index contributed by atoms with van der Waals surface area (Å²) in [5.41, 5.74) is 2.03. The van der Waals surface area contributed by atoms with E-state index in [9.17, 15) is 4.79 Å². The van der Waals surface area contributed by atoms with Gasteiger partial charge in [-0.15, -0.1) is 11.3 Å². The zero-order chi connectivity index (χ0) is 17.8. The molecule has 0 saturated heterocycles. The molecule has 25 heavy (non-hydrogen) atoms. The lowest BCUT2D eigenvalue weighted by Crippen LogP contribution is -2.24. The lowest BCUT2D eigenvalue weighted by molar-refractivity contribution is -0.115. The van der Waals surface area contributed by atoms with Gasteiger partial charge in [-0.05, 0) is 20.8 Å². The highest BCUT2D eigenvalue weighted by Crippen LogP contribution is 2.31. The predicted octanol–water partition coefficient (Wildman–Crippen LogP) is 4.71. The van der Waals surface area contributed by atoms with Crippen LogP contribution in [0, 0.1) is 0 Å². The third-order valence-electron chi connectivity index (χ3n) is 3.61. The van der Waals surface area contributed by atoms with Gasteiger partial charge in [0.25, 0.3) is 0 Å². The minimum absolute atomic E-state index is 0.0520. The summed E-state index contributed by atoms with van der Waals surface area (Å²) in [5.74, 6) is 0.667. The number of amides is 1. The minimum Gasteiger partial charge on any atom is -0.310 e. The normalized spacial score (nSPS) is 12.3. The van der Waals surface area contributed by atoms with E-state index in [1.54, 1.807) is 22.2 Å². The molecular weight excluding hydrogens is 352 g/mol. The number of carbonyl (C=O) groups is 1. The first kappa shape index (κ1) is 17.7. The van der Waals surface area contributed by atoms with Crippen molar-refractivity contribution in [2.45, 2.75) is 36.4 Å². The number of anilines is 1. The fourth-order valence-electron chi connectivity index (χ4n) is 2.31. The highest BCUT2D eigenvalue weighted by atomic mass is 32.2. The second kappa shape index (κ2) is 7.84. The molecule has 7 heteroatoms. The van der Waals surface area contributed by atoms with Crippen molar-refractivity contribution >= 4 is 34.8 Å². The molecule has 3 rings (SSSR count). The summed E-state index contributed by atoms with van der Waals surface area (Å²) in [6, 6.07) is 12.1. The van der Waals surface area contributed by atoms with E-state index >= 15 is 0 Å². The van der Waals surface area contributed by atoms with Gasteiger partial charge in [0.15, 0.2) is 4.34 Å². The first-order chi connectivity index (χ1) is 12.0. The van der Waals surface area contributed by atoms with Crippen LogP contribution in [0.1, 0.15) is 26.8 Å². The lowest BCUT2D eigenvalue weighted by Gasteiger charge is -2.14. The average molecular weight is 373 g/mol. The van der Waals surface area contributed by atoms with E-state index in [4.69, 9.17) is 0 Å². The fraction of sp³-hybridized carbons (Fsp3) is 0.278. The predicted molar refractivity (Wildman–Crippen MR) is 104 cm³/mol. The molecule has 0 bridgehead atoms. The summed E-state index contributed by atoms with van der Waals surface area (Å²) >= 11 is 3.03. The Morgan fingerprint density at radius 2 is 1.96 bits per heavy atom. The summed E-state index contributed by atoms with van der Waals surface area (Å²) in [7, 11) is 0. The van der Waals surface area contributed by atoms with Gasteiger partial charge in [0.05, 0.1) is 17.1 Å². The van der Waals surface area contributed by atoms with Gasteiger partial charge in [-0.25, -0.2) is 9.67 Å². The molecular formula is C18H20N4OS2. The molecule has 2 aromatic heterocycles. The number of hydrogen-bond acceptors (Lipinski definition) is 5. The number of aromatic nitrogens is 3. The number of nitrogens with one attached hydrogen (secondary N) is 1. The Morgan fingerprint density at radius 1 is 1.20 bits per heavy atom. The van der Waals surface area contributed by atoms with Crippen molar-refractivity contribution in [3.05, 3.63) is 48.0 Å². The molecule has 0 fully saturated rings. The number of rotatable bonds is 6. The van der Waals surface area contributed by atoms with Crippen LogP contribution in [0.4, 0.5) is 5.82 Å². The van der Waals surface area contributed by atoms with Crippen LogP contribution in [0.5, 0.6) is 0 Å². The molecule has 0 aliphatic heterocycles. The molecule has 1 N–H and O–H groups in total. The first-order valence-corrected chi connectivity index (χ1v) is 9.82. The highest BCUT2D eigenvalue weighted by Gasteiger charge is 2.18. The van der Waals surface area contributed by atoms with Crippen LogP contribution in [0.3, 0.4) is 0 Å². The average Bonchev–Trinajstić information content (AvgIpc) is 3.25. The molecule has 2 heterocycles. The standard InChI is InChI=1S/C18H20N4OS2/c1-12(2)22-16(9-10-19-22)21-17(23)13(3)25-18-20-15(11-24-18)14-7-5-4-6-8-14/h4-13H,1-3H3,(H,21,23)/t13-/m0/s1. The second-order valence-corrected chi connectivity index (χ2v) is 8.31. The largest absolute Gasteiger partial charge is 0.310 e. The zero-order valence-electron chi connectivity index (χ0n) is 14.3. The summed E-state index contributed by atoms with van der Waals surface area (Å²) in [6.45, 7) is 5.95. The van der Waals surface area contributed by atoms with Gasteiger partial charge in [-0.3, -0.25) is 4.79 Å². The van der Waals surface area contributed by atoms with Crippen LogP contribution >= 0.6 is 23.1 Å². The van der Waals surface area contributed by atoms with Crippen molar-refractivity contribution < 1.29 is 4.79 Å².